The Hall–Kier alpha value is -0.0800. The Balaban J connectivity index is 2.03. The van der Waals surface area contributed by atoms with E-state index in [0.717, 1.165) is 19.2 Å². The van der Waals surface area contributed by atoms with Crippen molar-refractivity contribution >= 4 is 0 Å². The van der Waals surface area contributed by atoms with E-state index in [-0.39, 0.29) is 0 Å². The Labute approximate surface area is 49.2 Å². The van der Waals surface area contributed by atoms with Crippen molar-refractivity contribution in [3.63, 3.8) is 0 Å². The molecule has 2 heterocycles. The maximum absolute atomic E-state index is 5.40. The van der Waals surface area contributed by atoms with Gasteiger partial charge in [-0.05, 0) is 19.3 Å². The fourth-order valence-electron chi connectivity index (χ4n) is 1.32. The zero-order valence-corrected chi connectivity index (χ0v) is 4.81. The van der Waals surface area contributed by atoms with Crippen molar-refractivity contribution in [2.75, 3.05) is 6.54 Å². The Kier molecular flexibility index (Phi) is 1.02. The largest absolute Gasteiger partial charge is 0.353 e. The molecule has 45 valence electrons. The van der Waals surface area contributed by atoms with Crippen LogP contribution in [0.3, 0.4) is 0 Å². The summed E-state index contributed by atoms with van der Waals surface area (Å²) in [5.74, 6) is 0. The second-order valence-corrected chi connectivity index (χ2v) is 2.42. The van der Waals surface area contributed by atoms with Gasteiger partial charge in [0.05, 0.1) is 6.10 Å². The van der Waals surface area contributed by atoms with Gasteiger partial charge in [0.1, 0.15) is 0 Å². The molecule has 2 aliphatic heterocycles. The molecule has 1 radical (unpaired) electrons. The number of ether oxygens (including phenoxy) is 1. The van der Waals surface area contributed by atoms with E-state index in [9.17, 15) is 0 Å². The van der Waals surface area contributed by atoms with Crippen LogP contribution in [0.5, 0.6) is 0 Å². The van der Waals surface area contributed by atoms with Gasteiger partial charge in [0.2, 0.25) is 0 Å². The third kappa shape index (κ3) is 0.644. The van der Waals surface area contributed by atoms with E-state index in [1.807, 2.05) is 0 Å². The van der Waals surface area contributed by atoms with Gasteiger partial charge in [-0.1, -0.05) is 0 Å². The van der Waals surface area contributed by atoms with E-state index in [0.29, 0.717) is 6.10 Å². The Bertz CT molecular complexity index is 80.5. The van der Waals surface area contributed by atoms with Gasteiger partial charge in [-0.15, -0.1) is 0 Å². The first-order chi connectivity index (χ1) is 3.95. The second-order valence-electron chi connectivity index (χ2n) is 2.42. The van der Waals surface area contributed by atoms with Crippen LogP contribution >= 0.6 is 0 Å². The Morgan fingerprint density at radius 2 is 2.50 bits per heavy atom. The van der Waals surface area contributed by atoms with Crippen LogP contribution in [0.2, 0.25) is 0 Å². The summed E-state index contributed by atoms with van der Waals surface area (Å²) in [5.41, 5.74) is 0. The van der Waals surface area contributed by atoms with Gasteiger partial charge in [0.25, 0.3) is 0 Å². The first-order valence-electron chi connectivity index (χ1n) is 3.21. The number of fused-ring (bicyclic) bond motifs is 2. The van der Waals surface area contributed by atoms with E-state index in [1.54, 1.807) is 0 Å². The highest BCUT2D eigenvalue weighted by molar-refractivity contribution is 4.90. The molecule has 2 fully saturated rings. The summed E-state index contributed by atoms with van der Waals surface area (Å²) >= 11 is 0. The van der Waals surface area contributed by atoms with E-state index < -0.39 is 0 Å². The van der Waals surface area contributed by atoms with Crippen molar-refractivity contribution in [1.29, 1.82) is 0 Å². The summed E-state index contributed by atoms with van der Waals surface area (Å²) in [6.45, 7) is 1.12. The maximum atomic E-state index is 5.40. The van der Waals surface area contributed by atoms with Gasteiger partial charge in [-0.3, -0.25) is 5.32 Å². The molecule has 1 N–H and O–H groups in total. The fourth-order valence-corrected chi connectivity index (χ4v) is 1.32. The number of hydrogen-bond donors (Lipinski definition) is 1. The smallest absolute Gasteiger partial charge is 0.162 e. The Morgan fingerprint density at radius 3 is 3.25 bits per heavy atom. The van der Waals surface area contributed by atoms with Crippen LogP contribution in [-0.4, -0.2) is 12.6 Å². The molecule has 2 rings (SSSR count). The summed E-state index contributed by atoms with van der Waals surface area (Å²) in [4.78, 5) is 0. The predicted octanol–water partition coefficient (Wildman–Crippen LogP) is 0.648. The minimum Gasteiger partial charge on any atom is -0.353 e. The summed E-state index contributed by atoms with van der Waals surface area (Å²) in [6.07, 6.45) is 5.27. The van der Waals surface area contributed by atoms with Gasteiger partial charge in [0.15, 0.2) is 6.23 Å². The lowest BCUT2D eigenvalue weighted by Gasteiger charge is -2.19. The first-order valence-corrected chi connectivity index (χ1v) is 3.21. The zero-order chi connectivity index (χ0) is 5.40. The minimum atomic E-state index is 0.561. The van der Waals surface area contributed by atoms with E-state index in [4.69, 9.17) is 4.74 Å². The molecule has 2 aliphatic rings. The molecule has 0 aromatic carbocycles. The van der Waals surface area contributed by atoms with Crippen molar-refractivity contribution in [2.45, 2.75) is 25.4 Å². The molecular formula is C6H10NO. The molecule has 1 atom stereocenters. The summed E-state index contributed by atoms with van der Waals surface area (Å²) in [7, 11) is 0. The molecule has 0 amide bonds. The van der Waals surface area contributed by atoms with E-state index in [2.05, 4.69) is 5.32 Å². The minimum absolute atomic E-state index is 0.561. The summed E-state index contributed by atoms with van der Waals surface area (Å²) in [6, 6.07) is 0. The third-order valence-corrected chi connectivity index (χ3v) is 1.79. The Morgan fingerprint density at radius 1 is 1.50 bits per heavy atom. The first kappa shape index (κ1) is 4.77. The molecule has 2 bridgehead atoms. The highest BCUT2D eigenvalue weighted by Gasteiger charge is 2.29. The second kappa shape index (κ2) is 1.71. The standard InChI is InChI=1S/C6H10NO/c1-2-6-7-4-3-5(1)8-6/h5,7H,1-4H2. The van der Waals surface area contributed by atoms with Crippen molar-refractivity contribution in [1.82, 2.24) is 5.32 Å². The van der Waals surface area contributed by atoms with Crippen molar-refractivity contribution in [3.05, 3.63) is 6.23 Å². The van der Waals surface area contributed by atoms with E-state index in [1.165, 1.54) is 12.8 Å². The molecule has 2 heteroatoms. The summed E-state index contributed by atoms with van der Waals surface area (Å²) < 4.78 is 5.40. The average molecular weight is 112 g/mol. The average Bonchev–Trinajstić information content (AvgIpc) is 2.12. The van der Waals surface area contributed by atoms with Crippen molar-refractivity contribution in [2.24, 2.45) is 0 Å². The lowest BCUT2D eigenvalue weighted by molar-refractivity contribution is 0.0624. The SMILES string of the molecule is C1CC2CC[C](N1)O2. The maximum Gasteiger partial charge on any atom is 0.162 e. The molecule has 1 unspecified atom stereocenters. The molecule has 0 aliphatic carbocycles. The van der Waals surface area contributed by atoms with Crippen LogP contribution in [0.4, 0.5) is 0 Å². The lowest BCUT2D eigenvalue weighted by Crippen LogP contribution is -2.29. The fraction of sp³-hybridized carbons (Fsp3) is 0.833. The predicted molar refractivity (Wildman–Crippen MR) is 30.0 cm³/mol. The van der Waals surface area contributed by atoms with Crippen LogP contribution in [0, 0.1) is 6.23 Å². The van der Waals surface area contributed by atoms with Gasteiger partial charge in [-0.25, -0.2) is 0 Å². The molecule has 0 aromatic rings. The molecule has 2 nitrogen and oxygen atoms in total. The van der Waals surface area contributed by atoms with E-state index >= 15 is 0 Å². The van der Waals surface area contributed by atoms with Crippen LogP contribution in [0.25, 0.3) is 0 Å². The number of hydrogen-bond acceptors (Lipinski definition) is 2. The lowest BCUT2D eigenvalue weighted by atomic mass is 10.2. The summed E-state index contributed by atoms with van der Waals surface area (Å²) in [5, 5.41) is 3.20. The number of rotatable bonds is 0. The monoisotopic (exact) mass is 112 g/mol. The van der Waals surface area contributed by atoms with Crippen LogP contribution in [0.15, 0.2) is 0 Å². The van der Waals surface area contributed by atoms with Crippen LogP contribution in [-0.2, 0) is 4.74 Å². The quantitative estimate of drug-likeness (QED) is 0.496. The molecule has 0 saturated carbocycles. The molecular weight excluding hydrogens is 102 g/mol. The molecule has 2 saturated heterocycles. The van der Waals surface area contributed by atoms with Gasteiger partial charge in [-0.2, -0.15) is 0 Å². The third-order valence-electron chi connectivity index (χ3n) is 1.79. The van der Waals surface area contributed by atoms with Crippen molar-refractivity contribution < 1.29 is 4.74 Å². The topological polar surface area (TPSA) is 21.3 Å². The highest BCUT2D eigenvalue weighted by atomic mass is 16.5. The normalized spacial score (nSPS) is 38.2. The number of nitrogens with one attached hydrogen (secondary N) is 1. The molecule has 8 heavy (non-hydrogen) atoms. The highest BCUT2D eigenvalue weighted by Crippen LogP contribution is 2.28. The van der Waals surface area contributed by atoms with Gasteiger partial charge >= 0.3 is 0 Å². The molecule has 0 spiro atoms. The zero-order valence-electron chi connectivity index (χ0n) is 4.81. The van der Waals surface area contributed by atoms with Crippen LogP contribution < -0.4 is 5.32 Å². The van der Waals surface area contributed by atoms with Gasteiger partial charge in [0, 0.05) is 6.54 Å². The van der Waals surface area contributed by atoms with Crippen LogP contribution in [0.1, 0.15) is 19.3 Å². The van der Waals surface area contributed by atoms with Gasteiger partial charge < -0.3 is 4.74 Å². The van der Waals surface area contributed by atoms with Crippen molar-refractivity contribution in [3.8, 4) is 0 Å². The molecule has 0 aromatic heterocycles.